The summed E-state index contributed by atoms with van der Waals surface area (Å²) in [4.78, 5) is 20.0. The van der Waals surface area contributed by atoms with Gasteiger partial charge in [0.05, 0.1) is 13.7 Å². The number of piperazine rings is 1. The third kappa shape index (κ3) is 4.00. The summed E-state index contributed by atoms with van der Waals surface area (Å²) in [5, 5.41) is 0. The second kappa shape index (κ2) is 7.25. The molecule has 154 valence electrons. The quantitative estimate of drug-likeness (QED) is 0.797. The van der Waals surface area contributed by atoms with Gasteiger partial charge in [-0.05, 0) is 54.4 Å². The van der Waals surface area contributed by atoms with Crippen LogP contribution in [0, 0.1) is 10.8 Å². The van der Waals surface area contributed by atoms with Gasteiger partial charge in [-0.15, -0.1) is 0 Å². The number of methoxy groups -OCH3 is 1. The molecule has 2 saturated heterocycles. The van der Waals surface area contributed by atoms with Gasteiger partial charge < -0.3 is 14.5 Å². The van der Waals surface area contributed by atoms with E-state index in [4.69, 9.17) is 4.74 Å². The summed E-state index contributed by atoms with van der Waals surface area (Å²) in [5.41, 5.74) is 1.90. The van der Waals surface area contributed by atoms with Crippen molar-refractivity contribution in [2.75, 3.05) is 51.3 Å². The van der Waals surface area contributed by atoms with Crippen molar-refractivity contribution >= 4 is 11.6 Å². The highest BCUT2D eigenvalue weighted by molar-refractivity contribution is 5.79. The molecule has 0 spiro atoms. The normalized spacial score (nSPS) is 29.8. The summed E-state index contributed by atoms with van der Waals surface area (Å²) < 4.78 is 5.25. The third-order valence-electron chi connectivity index (χ3n) is 6.90. The molecular weight excluding hydrogens is 350 g/mol. The fraction of sp³-hybridized carbons (Fsp3) is 0.696. The Morgan fingerprint density at radius 2 is 1.75 bits per heavy atom. The number of hydrogen-bond acceptors (Lipinski definition) is 4. The van der Waals surface area contributed by atoms with E-state index < -0.39 is 0 Å². The van der Waals surface area contributed by atoms with Crippen molar-refractivity contribution in [3.63, 3.8) is 0 Å². The minimum atomic E-state index is 0.315. The van der Waals surface area contributed by atoms with Gasteiger partial charge in [-0.2, -0.15) is 0 Å². The van der Waals surface area contributed by atoms with Crippen molar-refractivity contribution in [1.82, 2.24) is 9.80 Å². The second-order valence-electron chi connectivity index (χ2n) is 10.2. The molecular formula is C23H35N3O2. The van der Waals surface area contributed by atoms with Gasteiger partial charge in [0.2, 0.25) is 5.91 Å². The number of carbonyl (C=O) groups excluding carboxylic acids is 1. The zero-order valence-corrected chi connectivity index (χ0v) is 17.9. The number of ether oxygens (including phenoxy) is 1. The largest absolute Gasteiger partial charge is 0.497 e. The van der Waals surface area contributed by atoms with E-state index in [1.54, 1.807) is 7.11 Å². The van der Waals surface area contributed by atoms with Crippen LogP contribution in [-0.2, 0) is 4.79 Å². The van der Waals surface area contributed by atoms with Crippen LogP contribution in [0.5, 0.6) is 5.75 Å². The molecule has 2 aliphatic heterocycles. The summed E-state index contributed by atoms with van der Waals surface area (Å²) >= 11 is 0. The Bertz CT molecular complexity index is 709. The molecule has 2 bridgehead atoms. The molecule has 3 aliphatic rings. The van der Waals surface area contributed by atoms with Crippen LogP contribution in [-0.4, -0.2) is 68.1 Å². The van der Waals surface area contributed by atoms with E-state index in [0.29, 0.717) is 29.3 Å². The molecule has 0 radical (unpaired) electrons. The lowest BCUT2D eigenvalue weighted by atomic mass is 9.65. The summed E-state index contributed by atoms with van der Waals surface area (Å²) in [5.74, 6) is 1.23. The van der Waals surface area contributed by atoms with Gasteiger partial charge in [0, 0.05) is 44.5 Å². The first-order chi connectivity index (χ1) is 13.3. The van der Waals surface area contributed by atoms with Crippen LogP contribution in [0.25, 0.3) is 0 Å². The molecule has 2 unspecified atom stereocenters. The molecule has 0 N–H and O–H groups in total. The van der Waals surface area contributed by atoms with Gasteiger partial charge in [0.15, 0.2) is 0 Å². The van der Waals surface area contributed by atoms with Gasteiger partial charge in [-0.3, -0.25) is 9.69 Å². The number of amides is 1. The van der Waals surface area contributed by atoms with Crippen LogP contribution < -0.4 is 9.64 Å². The smallest absolute Gasteiger partial charge is 0.237 e. The van der Waals surface area contributed by atoms with Gasteiger partial charge in [0.1, 0.15) is 5.75 Å². The van der Waals surface area contributed by atoms with Crippen LogP contribution in [0.2, 0.25) is 0 Å². The molecule has 5 nitrogen and oxygen atoms in total. The minimum absolute atomic E-state index is 0.315. The maximum absolute atomic E-state index is 13.1. The highest BCUT2D eigenvalue weighted by Gasteiger charge is 2.50. The number of rotatable bonds is 4. The standard InChI is InChI=1S/C23H35N3O2/c1-22(2)13-19-14-23(3,16-22)17-26(19)21(27)15-24-9-11-25(12-10-24)18-5-7-20(28-4)8-6-18/h5-8,19H,9-17H2,1-4H3. The molecule has 0 aromatic heterocycles. The first kappa shape index (κ1) is 19.6. The molecule has 3 fully saturated rings. The van der Waals surface area contributed by atoms with E-state index in [9.17, 15) is 4.79 Å². The van der Waals surface area contributed by atoms with Gasteiger partial charge in [-0.25, -0.2) is 0 Å². The molecule has 1 saturated carbocycles. The van der Waals surface area contributed by atoms with Crippen LogP contribution in [0.3, 0.4) is 0 Å². The average molecular weight is 386 g/mol. The highest BCUT2D eigenvalue weighted by Crippen LogP contribution is 2.52. The molecule has 28 heavy (non-hydrogen) atoms. The number of fused-ring (bicyclic) bond motifs is 2. The van der Waals surface area contributed by atoms with Gasteiger partial charge in [-0.1, -0.05) is 20.8 Å². The molecule has 5 heteroatoms. The van der Waals surface area contributed by atoms with Crippen molar-refractivity contribution in [2.24, 2.45) is 10.8 Å². The van der Waals surface area contributed by atoms with Crippen molar-refractivity contribution < 1.29 is 9.53 Å². The highest BCUT2D eigenvalue weighted by atomic mass is 16.5. The van der Waals surface area contributed by atoms with Crippen LogP contribution >= 0.6 is 0 Å². The number of anilines is 1. The van der Waals surface area contributed by atoms with Crippen LogP contribution in [0.4, 0.5) is 5.69 Å². The SMILES string of the molecule is COc1ccc(N2CCN(CC(=O)N3CC4(C)CC3CC(C)(C)C4)CC2)cc1. The van der Waals surface area contributed by atoms with Crippen molar-refractivity contribution in [3.8, 4) is 5.75 Å². The van der Waals surface area contributed by atoms with Crippen molar-refractivity contribution in [3.05, 3.63) is 24.3 Å². The molecule has 1 aromatic carbocycles. The van der Waals surface area contributed by atoms with E-state index in [-0.39, 0.29) is 0 Å². The Balaban J connectivity index is 1.31. The van der Waals surface area contributed by atoms with Crippen molar-refractivity contribution in [2.45, 2.75) is 46.1 Å². The molecule has 1 amide bonds. The molecule has 1 aromatic rings. The summed E-state index contributed by atoms with van der Waals surface area (Å²) in [7, 11) is 1.69. The molecule has 2 heterocycles. The van der Waals surface area contributed by atoms with Crippen molar-refractivity contribution in [1.29, 1.82) is 0 Å². The monoisotopic (exact) mass is 385 g/mol. The maximum Gasteiger partial charge on any atom is 0.237 e. The number of benzene rings is 1. The lowest BCUT2D eigenvalue weighted by Crippen LogP contribution is -2.51. The zero-order chi connectivity index (χ0) is 19.9. The Morgan fingerprint density at radius 1 is 1.07 bits per heavy atom. The predicted molar refractivity (Wildman–Crippen MR) is 113 cm³/mol. The Labute approximate surface area is 169 Å². The van der Waals surface area contributed by atoms with E-state index in [2.05, 4.69) is 47.6 Å². The molecule has 1 aliphatic carbocycles. The minimum Gasteiger partial charge on any atom is -0.497 e. The maximum atomic E-state index is 13.1. The topological polar surface area (TPSA) is 36.0 Å². The second-order valence-corrected chi connectivity index (χ2v) is 10.2. The fourth-order valence-corrected chi connectivity index (χ4v) is 5.99. The van der Waals surface area contributed by atoms with E-state index in [0.717, 1.165) is 44.9 Å². The molecule has 4 rings (SSSR count). The van der Waals surface area contributed by atoms with Gasteiger partial charge >= 0.3 is 0 Å². The molecule has 2 atom stereocenters. The first-order valence-electron chi connectivity index (χ1n) is 10.7. The van der Waals surface area contributed by atoms with E-state index in [1.807, 2.05) is 12.1 Å². The number of carbonyl (C=O) groups is 1. The lowest BCUT2D eigenvalue weighted by molar-refractivity contribution is -0.133. The first-order valence-corrected chi connectivity index (χ1v) is 10.7. The fourth-order valence-electron chi connectivity index (χ4n) is 5.99. The Kier molecular flexibility index (Phi) is 5.07. The summed E-state index contributed by atoms with van der Waals surface area (Å²) in [6, 6.07) is 8.71. The number of hydrogen-bond donors (Lipinski definition) is 0. The van der Waals surface area contributed by atoms with Gasteiger partial charge in [0.25, 0.3) is 0 Å². The third-order valence-corrected chi connectivity index (χ3v) is 6.90. The van der Waals surface area contributed by atoms with E-state index >= 15 is 0 Å². The van der Waals surface area contributed by atoms with Crippen LogP contribution in [0.15, 0.2) is 24.3 Å². The lowest BCUT2D eigenvalue weighted by Gasteiger charge is -2.39. The van der Waals surface area contributed by atoms with E-state index in [1.165, 1.54) is 18.5 Å². The summed E-state index contributed by atoms with van der Waals surface area (Å²) in [6.07, 6.45) is 3.58. The Hall–Kier alpha value is -1.75. The summed E-state index contributed by atoms with van der Waals surface area (Å²) in [6.45, 7) is 12.4. The number of nitrogens with zero attached hydrogens (tertiary/aromatic N) is 3. The zero-order valence-electron chi connectivity index (χ0n) is 17.9. The predicted octanol–water partition coefficient (Wildman–Crippen LogP) is 3.24. The van der Waals surface area contributed by atoms with Crippen LogP contribution in [0.1, 0.15) is 40.0 Å². The number of likely N-dealkylation sites (tertiary alicyclic amines) is 1. The average Bonchev–Trinajstić information content (AvgIpc) is 2.91. The Morgan fingerprint density at radius 3 is 2.39 bits per heavy atom.